The summed E-state index contributed by atoms with van der Waals surface area (Å²) < 4.78 is 41.6. The lowest BCUT2D eigenvalue weighted by Crippen LogP contribution is -2.49. The van der Waals surface area contributed by atoms with Crippen molar-refractivity contribution in [3.05, 3.63) is 82.0 Å². The minimum Gasteiger partial charge on any atom is -0.490 e. The molecule has 5 atom stereocenters. The quantitative estimate of drug-likeness (QED) is 0.366. The molecule has 0 radical (unpaired) electrons. The number of anilines is 1. The van der Waals surface area contributed by atoms with E-state index in [1.54, 1.807) is 31.2 Å². The number of hydrogen-bond donors (Lipinski definition) is 2. The predicted octanol–water partition coefficient (Wildman–Crippen LogP) is 4.91. The molecule has 244 valence electrons. The third-order valence-corrected chi connectivity index (χ3v) is 12.3. The van der Waals surface area contributed by atoms with Gasteiger partial charge in [0, 0.05) is 42.4 Å². The van der Waals surface area contributed by atoms with Gasteiger partial charge in [-0.05, 0) is 98.2 Å². The SMILES string of the molecule is Cc1nnc(C[C@@H]2CC/C=C\[C@H](O)[C@@H]3CC[C@H]3CN3C[C@@]4(CCCc5cc(Cl)ccc54)COc4ccc(cc43)C(=O)NS2(=O)=O)o1. The summed E-state index contributed by atoms with van der Waals surface area (Å²) in [6.45, 7) is 3.46. The summed E-state index contributed by atoms with van der Waals surface area (Å²) in [4.78, 5) is 15.9. The Kier molecular flexibility index (Phi) is 8.35. The highest BCUT2D eigenvalue weighted by Crippen LogP contribution is 2.46. The molecule has 2 aliphatic carbocycles. The third-order valence-electron chi connectivity index (χ3n) is 10.3. The normalized spacial score (nSPS) is 29.8. The number of ether oxygens (including phenoxy) is 1. The van der Waals surface area contributed by atoms with Crippen LogP contribution in [0, 0.1) is 18.8 Å². The van der Waals surface area contributed by atoms with Crippen LogP contribution in [0.5, 0.6) is 5.75 Å². The van der Waals surface area contributed by atoms with E-state index in [9.17, 15) is 18.3 Å². The number of aryl methyl sites for hydroxylation is 2. The van der Waals surface area contributed by atoms with Crippen LogP contribution in [0.3, 0.4) is 0 Å². The number of hydrogen-bond acceptors (Lipinski definition) is 9. The molecule has 46 heavy (non-hydrogen) atoms. The first-order valence-corrected chi connectivity index (χ1v) is 18.0. The first kappa shape index (κ1) is 31.2. The summed E-state index contributed by atoms with van der Waals surface area (Å²) in [5, 5.41) is 18.7. The number of nitrogens with one attached hydrogen (secondary N) is 1. The van der Waals surface area contributed by atoms with Crippen molar-refractivity contribution in [2.75, 3.05) is 24.6 Å². The molecule has 1 aromatic heterocycles. The van der Waals surface area contributed by atoms with E-state index in [4.69, 9.17) is 20.8 Å². The number of carbonyl (C=O) groups excluding carboxylic acids is 1. The first-order valence-electron chi connectivity index (χ1n) is 16.1. The number of nitrogens with zero attached hydrogens (tertiary/aromatic N) is 3. The number of aliphatic hydroxyl groups is 1. The van der Waals surface area contributed by atoms with Crippen LogP contribution in [0.25, 0.3) is 0 Å². The Morgan fingerprint density at radius 3 is 2.80 bits per heavy atom. The molecule has 2 aliphatic heterocycles. The second kappa shape index (κ2) is 12.3. The largest absolute Gasteiger partial charge is 0.490 e. The molecule has 2 bridgehead atoms. The van der Waals surface area contributed by atoms with E-state index in [0.29, 0.717) is 37.8 Å². The molecule has 0 unspecified atom stereocenters. The predicted molar refractivity (Wildman–Crippen MR) is 174 cm³/mol. The molecule has 1 fully saturated rings. The summed E-state index contributed by atoms with van der Waals surface area (Å²) in [6.07, 6.45) is 8.38. The minimum absolute atomic E-state index is 0.0366. The number of carbonyl (C=O) groups is 1. The van der Waals surface area contributed by atoms with Gasteiger partial charge in [-0.1, -0.05) is 29.8 Å². The number of allylic oxidation sites excluding steroid dienone is 1. The van der Waals surface area contributed by atoms with Crippen molar-refractivity contribution in [3.63, 3.8) is 0 Å². The zero-order valence-electron chi connectivity index (χ0n) is 25.8. The summed E-state index contributed by atoms with van der Waals surface area (Å²) in [7, 11) is -4.14. The zero-order chi connectivity index (χ0) is 32.1. The lowest BCUT2D eigenvalue weighted by Gasteiger charge is -2.45. The van der Waals surface area contributed by atoms with Crippen LogP contribution in [-0.2, 0) is 28.3 Å². The number of fused-ring (bicyclic) bond motifs is 4. The first-order chi connectivity index (χ1) is 22.1. The Morgan fingerprint density at radius 1 is 1.15 bits per heavy atom. The highest BCUT2D eigenvalue weighted by atomic mass is 35.5. The lowest BCUT2D eigenvalue weighted by molar-refractivity contribution is 0.0456. The van der Waals surface area contributed by atoms with Crippen molar-refractivity contribution in [3.8, 4) is 5.75 Å². The third kappa shape index (κ3) is 6.04. The maximum atomic E-state index is 13.6. The van der Waals surface area contributed by atoms with E-state index in [-0.39, 0.29) is 41.5 Å². The number of sulfonamides is 1. The molecule has 7 rings (SSSR count). The van der Waals surface area contributed by atoms with Crippen LogP contribution >= 0.6 is 11.6 Å². The molecule has 1 saturated carbocycles. The Labute approximate surface area is 274 Å². The van der Waals surface area contributed by atoms with Crippen molar-refractivity contribution in [2.45, 2.75) is 75.1 Å². The van der Waals surface area contributed by atoms with Crippen molar-refractivity contribution < 1.29 is 27.5 Å². The van der Waals surface area contributed by atoms with Gasteiger partial charge in [0.2, 0.25) is 21.8 Å². The molecule has 10 nitrogen and oxygen atoms in total. The second-order valence-electron chi connectivity index (χ2n) is 13.3. The fourth-order valence-corrected chi connectivity index (χ4v) is 9.27. The molecular formula is C34H39ClN4O6S. The smallest absolute Gasteiger partial charge is 0.264 e. The van der Waals surface area contributed by atoms with Gasteiger partial charge in [0.1, 0.15) is 5.75 Å². The van der Waals surface area contributed by atoms with Crippen LogP contribution in [0.4, 0.5) is 5.69 Å². The summed E-state index contributed by atoms with van der Waals surface area (Å²) in [5.41, 5.74) is 3.17. The Bertz CT molecular complexity index is 1780. The minimum atomic E-state index is -4.14. The molecule has 1 amide bonds. The van der Waals surface area contributed by atoms with Gasteiger partial charge in [-0.25, -0.2) is 13.1 Å². The lowest BCUT2D eigenvalue weighted by atomic mass is 9.68. The van der Waals surface area contributed by atoms with Crippen LogP contribution in [-0.4, -0.2) is 60.7 Å². The van der Waals surface area contributed by atoms with Gasteiger partial charge in [0.15, 0.2) is 0 Å². The Hall–Kier alpha value is -3.41. The van der Waals surface area contributed by atoms with Gasteiger partial charge in [-0.2, -0.15) is 0 Å². The van der Waals surface area contributed by atoms with Gasteiger partial charge in [-0.15, -0.1) is 10.2 Å². The van der Waals surface area contributed by atoms with E-state index >= 15 is 0 Å². The van der Waals surface area contributed by atoms with Crippen LogP contribution in [0.15, 0.2) is 53.0 Å². The molecule has 12 heteroatoms. The molecule has 3 aromatic rings. The molecule has 2 aromatic carbocycles. The van der Waals surface area contributed by atoms with Crippen molar-refractivity contribution in [1.82, 2.24) is 14.9 Å². The second-order valence-corrected chi connectivity index (χ2v) is 15.7. The van der Waals surface area contributed by atoms with Crippen LogP contribution < -0.4 is 14.4 Å². The summed E-state index contributed by atoms with van der Waals surface area (Å²) in [5.74, 6) is 0.800. The standard InChI is InChI=1S/C34H39ClN4O6S/c1-21-36-37-32(45-21)17-26-6-2-3-7-30(40)27-11-8-24(27)18-39-19-34(14-4-5-22-15-25(35)10-12-28(22)34)20-44-31-13-9-23(16-29(31)39)33(41)38-46(26,42)43/h3,7,9-10,12-13,15-16,24,26-27,30,40H,2,4-6,8,11,14,17-20H2,1H3,(H,38,41)/b7-3-/t24-,26-,27+,30-,34-/m0/s1. The van der Waals surface area contributed by atoms with E-state index in [1.807, 2.05) is 12.1 Å². The fraction of sp³-hybridized carbons (Fsp3) is 0.500. The van der Waals surface area contributed by atoms with Crippen molar-refractivity contribution in [2.24, 2.45) is 11.8 Å². The highest BCUT2D eigenvalue weighted by Gasteiger charge is 2.44. The molecular weight excluding hydrogens is 628 g/mol. The average molecular weight is 667 g/mol. The zero-order valence-corrected chi connectivity index (χ0v) is 27.4. The summed E-state index contributed by atoms with van der Waals surface area (Å²) >= 11 is 6.40. The van der Waals surface area contributed by atoms with E-state index < -0.39 is 27.3 Å². The Balaban J connectivity index is 1.26. The Morgan fingerprint density at radius 2 is 2.02 bits per heavy atom. The van der Waals surface area contributed by atoms with Gasteiger partial charge in [-0.3, -0.25) is 4.79 Å². The molecule has 3 heterocycles. The number of amides is 1. The topological polar surface area (TPSA) is 135 Å². The number of aliphatic hydroxyl groups excluding tert-OH is 1. The van der Waals surface area contributed by atoms with Crippen LogP contribution in [0.2, 0.25) is 5.02 Å². The van der Waals surface area contributed by atoms with E-state index in [0.717, 1.165) is 42.8 Å². The summed E-state index contributed by atoms with van der Waals surface area (Å²) in [6, 6.07) is 11.3. The molecule has 4 aliphatic rings. The van der Waals surface area contributed by atoms with Crippen molar-refractivity contribution >= 4 is 33.2 Å². The van der Waals surface area contributed by atoms with Gasteiger partial charge in [0.05, 0.1) is 23.6 Å². The monoisotopic (exact) mass is 666 g/mol. The number of benzene rings is 2. The fourth-order valence-electron chi connectivity index (χ4n) is 7.72. The maximum Gasteiger partial charge on any atom is 0.264 e. The molecule has 2 N–H and O–H groups in total. The number of halogens is 1. The number of aromatic nitrogens is 2. The maximum absolute atomic E-state index is 13.6. The molecule has 1 spiro atoms. The van der Waals surface area contributed by atoms with E-state index in [1.165, 1.54) is 11.1 Å². The van der Waals surface area contributed by atoms with E-state index in [2.05, 4.69) is 32.0 Å². The van der Waals surface area contributed by atoms with Crippen molar-refractivity contribution in [1.29, 1.82) is 0 Å². The number of rotatable bonds is 2. The molecule has 0 saturated heterocycles. The average Bonchev–Trinajstić information content (AvgIpc) is 3.35. The van der Waals surface area contributed by atoms with Gasteiger partial charge in [0.25, 0.3) is 5.91 Å². The highest BCUT2D eigenvalue weighted by molar-refractivity contribution is 7.90. The van der Waals surface area contributed by atoms with Gasteiger partial charge < -0.3 is 19.2 Å². The van der Waals surface area contributed by atoms with Crippen LogP contribution in [0.1, 0.15) is 71.8 Å². The van der Waals surface area contributed by atoms with Gasteiger partial charge >= 0.3 is 0 Å².